The van der Waals surface area contributed by atoms with Crippen molar-refractivity contribution in [3.8, 4) is 0 Å². The Balaban J connectivity index is 1.84. The van der Waals surface area contributed by atoms with Crippen LogP contribution in [0.15, 0.2) is 0 Å². The minimum atomic E-state index is 0.441. The zero-order valence-electron chi connectivity index (χ0n) is 7.42. The van der Waals surface area contributed by atoms with E-state index in [-0.39, 0.29) is 0 Å². The summed E-state index contributed by atoms with van der Waals surface area (Å²) in [6, 6.07) is 0. The maximum Gasteiger partial charge on any atom is 0.139 e. The monoisotopic (exact) mass is 184 g/mol. The third-order valence-corrected chi connectivity index (χ3v) is 4.18. The average molecular weight is 184 g/mol. The molecular formula is C10H16OS. The third kappa shape index (κ3) is 1.68. The summed E-state index contributed by atoms with van der Waals surface area (Å²) in [4.78, 5) is 11.8. The first-order valence-electron chi connectivity index (χ1n) is 4.99. The smallest absolute Gasteiger partial charge is 0.139 e. The molecule has 0 aromatic rings. The molecule has 1 aliphatic heterocycles. The number of carbonyl (C=O) groups is 1. The summed E-state index contributed by atoms with van der Waals surface area (Å²) in [6.07, 6.45) is 5.96. The predicted octanol–water partition coefficient (Wildman–Crippen LogP) is 2.50. The fraction of sp³-hybridized carbons (Fsp3) is 0.900. The van der Waals surface area contributed by atoms with E-state index in [1.54, 1.807) is 0 Å². The molecule has 1 saturated carbocycles. The molecule has 2 heteroatoms. The van der Waals surface area contributed by atoms with Crippen LogP contribution >= 0.6 is 11.8 Å². The lowest BCUT2D eigenvalue weighted by molar-refractivity contribution is -0.129. The molecule has 0 aromatic carbocycles. The summed E-state index contributed by atoms with van der Waals surface area (Å²) in [7, 11) is 0. The second-order valence-electron chi connectivity index (χ2n) is 3.92. The SMILES string of the molecule is O=C(C1CCC1)C1CCSCC1. The predicted molar refractivity (Wildman–Crippen MR) is 52.4 cm³/mol. The van der Waals surface area contributed by atoms with Gasteiger partial charge in [0.1, 0.15) is 5.78 Å². The zero-order chi connectivity index (χ0) is 8.39. The molecule has 0 amide bonds. The first kappa shape index (κ1) is 8.61. The van der Waals surface area contributed by atoms with Gasteiger partial charge in [-0.2, -0.15) is 11.8 Å². The highest BCUT2D eigenvalue weighted by atomic mass is 32.2. The van der Waals surface area contributed by atoms with Crippen molar-refractivity contribution in [2.45, 2.75) is 32.1 Å². The molecule has 1 saturated heterocycles. The summed E-state index contributed by atoms with van der Waals surface area (Å²) in [6.45, 7) is 0. The molecular weight excluding hydrogens is 168 g/mol. The van der Waals surface area contributed by atoms with Gasteiger partial charge in [0.2, 0.25) is 0 Å². The summed E-state index contributed by atoms with van der Waals surface area (Å²) in [5.74, 6) is 3.93. The Bertz CT molecular complexity index is 169. The summed E-state index contributed by atoms with van der Waals surface area (Å²) in [5, 5.41) is 0. The zero-order valence-corrected chi connectivity index (χ0v) is 8.24. The molecule has 0 N–H and O–H groups in total. The van der Waals surface area contributed by atoms with Gasteiger partial charge in [-0.1, -0.05) is 6.42 Å². The van der Waals surface area contributed by atoms with Crippen LogP contribution in [0.2, 0.25) is 0 Å². The second kappa shape index (κ2) is 3.82. The lowest BCUT2D eigenvalue weighted by atomic mass is 9.76. The average Bonchev–Trinajstić information content (AvgIpc) is 2.03. The minimum absolute atomic E-state index is 0.441. The van der Waals surface area contributed by atoms with Crippen molar-refractivity contribution in [2.24, 2.45) is 11.8 Å². The molecule has 1 nitrogen and oxygen atoms in total. The summed E-state index contributed by atoms with van der Waals surface area (Å²) >= 11 is 2.00. The number of thioether (sulfide) groups is 1. The second-order valence-corrected chi connectivity index (χ2v) is 5.14. The molecule has 1 aliphatic carbocycles. The van der Waals surface area contributed by atoms with Crippen LogP contribution in [0.3, 0.4) is 0 Å². The highest BCUT2D eigenvalue weighted by Crippen LogP contribution is 2.33. The number of rotatable bonds is 2. The molecule has 12 heavy (non-hydrogen) atoms. The fourth-order valence-corrected chi connectivity index (χ4v) is 3.11. The number of hydrogen-bond acceptors (Lipinski definition) is 2. The van der Waals surface area contributed by atoms with Gasteiger partial charge in [0, 0.05) is 11.8 Å². The van der Waals surface area contributed by atoms with Crippen molar-refractivity contribution in [1.82, 2.24) is 0 Å². The van der Waals surface area contributed by atoms with Gasteiger partial charge in [0.15, 0.2) is 0 Å². The third-order valence-electron chi connectivity index (χ3n) is 3.13. The Labute approximate surface area is 78.3 Å². The van der Waals surface area contributed by atoms with Gasteiger partial charge < -0.3 is 0 Å². The maximum atomic E-state index is 11.8. The summed E-state index contributed by atoms with van der Waals surface area (Å²) in [5.41, 5.74) is 0. The molecule has 2 rings (SSSR count). The standard InChI is InChI=1S/C10H16OS/c11-10(8-2-1-3-8)9-4-6-12-7-5-9/h8-9H,1-7H2. The number of ketones is 1. The van der Waals surface area contributed by atoms with Crippen molar-refractivity contribution in [3.63, 3.8) is 0 Å². The van der Waals surface area contributed by atoms with E-state index in [1.807, 2.05) is 11.8 Å². The van der Waals surface area contributed by atoms with Gasteiger partial charge in [-0.3, -0.25) is 4.79 Å². The van der Waals surface area contributed by atoms with E-state index in [9.17, 15) is 4.79 Å². The van der Waals surface area contributed by atoms with Crippen LogP contribution in [-0.4, -0.2) is 17.3 Å². The van der Waals surface area contributed by atoms with Crippen molar-refractivity contribution in [2.75, 3.05) is 11.5 Å². The van der Waals surface area contributed by atoms with Gasteiger partial charge in [-0.25, -0.2) is 0 Å². The van der Waals surface area contributed by atoms with Gasteiger partial charge in [-0.05, 0) is 37.2 Å². The Kier molecular flexibility index (Phi) is 2.74. The first-order valence-corrected chi connectivity index (χ1v) is 6.15. The molecule has 0 unspecified atom stereocenters. The van der Waals surface area contributed by atoms with Gasteiger partial charge >= 0.3 is 0 Å². The first-order chi connectivity index (χ1) is 5.88. The lowest BCUT2D eigenvalue weighted by Crippen LogP contribution is -2.30. The Morgan fingerprint density at radius 2 is 1.58 bits per heavy atom. The van der Waals surface area contributed by atoms with Crippen molar-refractivity contribution >= 4 is 17.5 Å². The lowest BCUT2D eigenvalue weighted by Gasteiger charge is -2.29. The number of Topliss-reactive ketones (excluding diaryl/α,β-unsaturated/α-hetero) is 1. The topological polar surface area (TPSA) is 17.1 Å². The maximum absolute atomic E-state index is 11.8. The quantitative estimate of drug-likeness (QED) is 0.656. The van der Waals surface area contributed by atoms with E-state index >= 15 is 0 Å². The van der Waals surface area contributed by atoms with E-state index in [0.29, 0.717) is 17.6 Å². The van der Waals surface area contributed by atoms with Crippen LogP contribution < -0.4 is 0 Å². The van der Waals surface area contributed by atoms with Gasteiger partial charge in [0.25, 0.3) is 0 Å². The van der Waals surface area contributed by atoms with Crippen LogP contribution in [0, 0.1) is 11.8 Å². The molecule has 0 radical (unpaired) electrons. The molecule has 68 valence electrons. The minimum Gasteiger partial charge on any atom is -0.299 e. The van der Waals surface area contributed by atoms with E-state index in [2.05, 4.69) is 0 Å². The van der Waals surface area contributed by atoms with Crippen LogP contribution in [-0.2, 0) is 4.79 Å². The van der Waals surface area contributed by atoms with Crippen LogP contribution in [0.1, 0.15) is 32.1 Å². The molecule has 1 heterocycles. The number of carbonyl (C=O) groups excluding carboxylic acids is 1. The van der Waals surface area contributed by atoms with Crippen LogP contribution in [0.5, 0.6) is 0 Å². The van der Waals surface area contributed by atoms with Gasteiger partial charge in [0.05, 0.1) is 0 Å². The Morgan fingerprint density at radius 1 is 1.00 bits per heavy atom. The van der Waals surface area contributed by atoms with Crippen molar-refractivity contribution < 1.29 is 4.79 Å². The molecule has 0 bridgehead atoms. The van der Waals surface area contributed by atoms with Gasteiger partial charge in [-0.15, -0.1) is 0 Å². The highest BCUT2D eigenvalue weighted by Gasteiger charge is 2.31. The molecule has 0 spiro atoms. The highest BCUT2D eigenvalue weighted by molar-refractivity contribution is 7.99. The number of hydrogen-bond donors (Lipinski definition) is 0. The summed E-state index contributed by atoms with van der Waals surface area (Å²) < 4.78 is 0. The van der Waals surface area contributed by atoms with E-state index < -0.39 is 0 Å². The molecule has 0 atom stereocenters. The van der Waals surface area contributed by atoms with E-state index in [4.69, 9.17) is 0 Å². The van der Waals surface area contributed by atoms with Crippen molar-refractivity contribution in [1.29, 1.82) is 0 Å². The molecule has 2 aliphatic rings. The van der Waals surface area contributed by atoms with Crippen molar-refractivity contribution in [3.05, 3.63) is 0 Å². The Hall–Kier alpha value is 0.0200. The van der Waals surface area contributed by atoms with Crippen LogP contribution in [0.25, 0.3) is 0 Å². The normalized spacial score (nSPS) is 26.7. The fourth-order valence-electron chi connectivity index (χ4n) is 2.01. The Morgan fingerprint density at radius 3 is 2.08 bits per heavy atom. The van der Waals surface area contributed by atoms with E-state index in [0.717, 1.165) is 12.8 Å². The van der Waals surface area contributed by atoms with Crippen LogP contribution in [0.4, 0.5) is 0 Å². The van der Waals surface area contributed by atoms with E-state index in [1.165, 1.54) is 30.8 Å². The molecule has 2 fully saturated rings. The largest absolute Gasteiger partial charge is 0.299 e. The molecule has 0 aromatic heterocycles.